The van der Waals surface area contributed by atoms with Gasteiger partial charge < -0.3 is 5.32 Å². The first-order valence-electron chi connectivity index (χ1n) is 7.23. The normalized spacial score (nSPS) is 14.6. The largest absolute Gasteiger partial charge is 0.310 e. The van der Waals surface area contributed by atoms with E-state index >= 15 is 0 Å². The molecule has 0 spiro atoms. The summed E-state index contributed by atoms with van der Waals surface area (Å²) in [5.74, 6) is -0.150. The molecule has 0 amide bonds. The van der Waals surface area contributed by atoms with Gasteiger partial charge in [0.2, 0.25) is 0 Å². The summed E-state index contributed by atoms with van der Waals surface area (Å²) < 4.78 is 14.0. The van der Waals surface area contributed by atoms with Crippen LogP contribution in [-0.4, -0.2) is 6.04 Å². The van der Waals surface area contributed by atoms with Gasteiger partial charge in [0.25, 0.3) is 0 Å². The summed E-state index contributed by atoms with van der Waals surface area (Å²) in [4.78, 5) is 0. The zero-order valence-electron chi connectivity index (χ0n) is 12.0. The van der Waals surface area contributed by atoms with Crippen LogP contribution in [0.4, 0.5) is 4.39 Å². The zero-order chi connectivity index (χ0) is 14.1. The molecule has 0 bridgehead atoms. The van der Waals surface area contributed by atoms with Crippen LogP contribution in [0.5, 0.6) is 0 Å². The average Bonchev–Trinajstić information content (AvgIpc) is 3.24. The lowest BCUT2D eigenvalue weighted by molar-refractivity contribution is 0.630. The molecule has 1 fully saturated rings. The Bertz CT molecular complexity index is 629. The number of hydrogen-bond acceptors (Lipinski definition) is 1. The van der Waals surface area contributed by atoms with E-state index in [-0.39, 0.29) is 5.82 Å². The molecule has 0 aliphatic heterocycles. The molecule has 1 nitrogen and oxygen atoms in total. The zero-order valence-corrected chi connectivity index (χ0v) is 12.0. The van der Waals surface area contributed by atoms with E-state index in [9.17, 15) is 4.39 Å². The van der Waals surface area contributed by atoms with Gasteiger partial charge in [-0.05, 0) is 55.5 Å². The number of hydrogen-bond donors (Lipinski definition) is 1. The maximum absolute atomic E-state index is 14.0. The first-order valence-corrected chi connectivity index (χ1v) is 7.23. The van der Waals surface area contributed by atoms with Crippen LogP contribution in [-0.2, 0) is 6.54 Å². The highest BCUT2D eigenvalue weighted by atomic mass is 19.1. The lowest BCUT2D eigenvalue weighted by Crippen LogP contribution is -2.15. The van der Waals surface area contributed by atoms with Crippen LogP contribution in [0.2, 0.25) is 0 Å². The molecule has 1 N–H and O–H groups in total. The van der Waals surface area contributed by atoms with Crippen molar-refractivity contribution in [2.24, 2.45) is 0 Å². The first kappa shape index (κ1) is 13.3. The minimum absolute atomic E-state index is 0.150. The van der Waals surface area contributed by atoms with Gasteiger partial charge in [-0.2, -0.15) is 0 Å². The van der Waals surface area contributed by atoms with Crippen LogP contribution < -0.4 is 5.32 Å². The third-order valence-corrected chi connectivity index (χ3v) is 3.88. The Balaban J connectivity index is 1.87. The molecule has 1 saturated carbocycles. The molecule has 0 atom stereocenters. The van der Waals surface area contributed by atoms with Crippen molar-refractivity contribution >= 4 is 0 Å². The van der Waals surface area contributed by atoms with Gasteiger partial charge in [0.1, 0.15) is 5.82 Å². The fourth-order valence-electron chi connectivity index (χ4n) is 2.53. The molecular formula is C18H20FN. The predicted molar refractivity (Wildman–Crippen MR) is 81.2 cm³/mol. The summed E-state index contributed by atoms with van der Waals surface area (Å²) in [7, 11) is 0. The predicted octanol–water partition coefficient (Wildman–Crippen LogP) is 4.36. The van der Waals surface area contributed by atoms with Crippen LogP contribution in [0.25, 0.3) is 11.1 Å². The molecule has 20 heavy (non-hydrogen) atoms. The monoisotopic (exact) mass is 269 g/mol. The smallest absolute Gasteiger partial charge is 0.131 e. The second kappa shape index (κ2) is 5.37. The van der Waals surface area contributed by atoms with Crippen LogP contribution in [0, 0.1) is 19.7 Å². The molecule has 2 aromatic rings. The van der Waals surface area contributed by atoms with Gasteiger partial charge in [0.15, 0.2) is 0 Å². The number of halogens is 1. The van der Waals surface area contributed by atoms with Gasteiger partial charge in [-0.3, -0.25) is 0 Å². The maximum atomic E-state index is 14.0. The molecule has 0 radical (unpaired) electrons. The highest BCUT2D eigenvalue weighted by Gasteiger charge is 2.20. The van der Waals surface area contributed by atoms with Gasteiger partial charge in [-0.25, -0.2) is 4.39 Å². The Kier molecular flexibility index (Phi) is 3.58. The fourth-order valence-corrected chi connectivity index (χ4v) is 2.53. The molecule has 2 heteroatoms. The quantitative estimate of drug-likeness (QED) is 0.869. The van der Waals surface area contributed by atoms with Crippen LogP contribution >= 0.6 is 0 Å². The van der Waals surface area contributed by atoms with Gasteiger partial charge in [0, 0.05) is 18.2 Å². The molecule has 0 heterocycles. The van der Waals surface area contributed by atoms with Crippen molar-refractivity contribution in [2.75, 3.05) is 0 Å². The van der Waals surface area contributed by atoms with E-state index in [4.69, 9.17) is 0 Å². The summed E-state index contributed by atoms with van der Waals surface area (Å²) >= 11 is 0. The van der Waals surface area contributed by atoms with E-state index < -0.39 is 0 Å². The Morgan fingerprint density at radius 2 is 1.85 bits per heavy atom. The minimum Gasteiger partial charge on any atom is -0.310 e. The van der Waals surface area contributed by atoms with Crippen LogP contribution in [0.15, 0.2) is 36.4 Å². The lowest BCUT2D eigenvalue weighted by Gasteiger charge is -2.11. The van der Waals surface area contributed by atoms with E-state index in [1.54, 1.807) is 6.07 Å². The SMILES string of the molecule is Cc1ccc(F)c(-c2ccc(CNC3CC3)cc2C)c1. The number of rotatable bonds is 4. The average molecular weight is 269 g/mol. The van der Waals surface area contributed by atoms with E-state index in [1.165, 1.54) is 18.4 Å². The molecule has 104 valence electrons. The third kappa shape index (κ3) is 2.91. The Morgan fingerprint density at radius 3 is 2.55 bits per heavy atom. The van der Waals surface area contributed by atoms with E-state index in [2.05, 4.69) is 24.4 Å². The van der Waals surface area contributed by atoms with Gasteiger partial charge >= 0.3 is 0 Å². The maximum Gasteiger partial charge on any atom is 0.131 e. The fraction of sp³-hybridized carbons (Fsp3) is 0.333. The van der Waals surface area contributed by atoms with E-state index in [1.807, 2.05) is 25.1 Å². The number of aryl methyl sites for hydroxylation is 2. The van der Waals surface area contributed by atoms with Gasteiger partial charge in [-0.15, -0.1) is 0 Å². The van der Waals surface area contributed by atoms with Gasteiger partial charge in [0.05, 0.1) is 0 Å². The number of nitrogens with one attached hydrogen (secondary N) is 1. The summed E-state index contributed by atoms with van der Waals surface area (Å²) in [6.07, 6.45) is 2.59. The minimum atomic E-state index is -0.150. The highest BCUT2D eigenvalue weighted by molar-refractivity contribution is 5.68. The second-order valence-electron chi connectivity index (χ2n) is 5.79. The van der Waals surface area contributed by atoms with Crippen molar-refractivity contribution in [3.05, 3.63) is 58.9 Å². The first-order chi connectivity index (χ1) is 9.63. The Hall–Kier alpha value is -1.67. The highest BCUT2D eigenvalue weighted by Crippen LogP contribution is 2.28. The van der Waals surface area contributed by atoms with Crippen molar-refractivity contribution in [1.82, 2.24) is 5.32 Å². The van der Waals surface area contributed by atoms with Crippen molar-refractivity contribution in [3.63, 3.8) is 0 Å². The van der Waals surface area contributed by atoms with Gasteiger partial charge in [-0.1, -0.05) is 29.8 Å². The molecule has 0 saturated heterocycles. The molecule has 1 aliphatic rings. The van der Waals surface area contributed by atoms with Crippen LogP contribution in [0.1, 0.15) is 29.5 Å². The van der Waals surface area contributed by atoms with Crippen molar-refractivity contribution in [3.8, 4) is 11.1 Å². The molecule has 3 rings (SSSR count). The van der Waals surface area contributed by atoms with Crippen molar-refractivity contribution < 1.29 is 4.39 Å². The summed E-state index contributed by atoms with van der Waals surface area (Å²) in [5.41, 5.74) is 5.17. The topological polar surface area (TPSA) is 12.0 Å². The molecule has 1 aliphatic carbocycles. The standard InChI is InChI=1S/C18H20FN/c1-12-3-8-18(19)17(9-12)16-7-4-14(10-13(16)2)11-20-15-5-6-15/h3-4,7-10,15,20H,5-6,11H2,1-2H3. The third-order valence-electron chi connectivity index (χ3n) is 3.88. The molecular weight excluding hydrogens is 249 g/mol. The van der Waals surface area contributed by atoms with Crippen molar-refractivity contribution in [2.45, 2.75) is 39.3 Å². The summed E-state index contributed by atoms with van der Waals surface area (Å²) in [6.45, 7) is 4.95. The van der Waals surface area contributed by atoms with Crippen molar-refractivity contribution in [1.29, 1.82) is 0 Å². The van der Waals surface area contributed by atoms with E-state index in [0.29, 0.717) is 11.6 Å². The molecule has 0 aromatic heterocycles. The molecule has 0 unspecified atom stereocenters. The lowest BCUT2D eigenvalue weighted by atomic mass is 9.97. The van der Waals surface area contributed by atoms with E-state index in [0.717, 1.165) is 23.2 Å². The number of benzene rings is 2. The summed E-state index contributed by atoms with van der Waals surface area (Å²) in [5, 5.41) is 3.51. The molecule has 2 aromatic carbocycles. The second-order valence-corrected chi connectivity index (χ2v) is 5.79. The Labute approximate surface area is 119 Å². The van der Waals surface area contributed by atoms with Crippen LogP contribution in [0.3, 0.4) is 0 Å². The Morgan fingerprint density at radius 1 is 1.05 bits per heavy atom. The summed E-state index contributed by atoms with van der Waals surface area (Å²) in [6, 6.07) is 12.3.